The Morgan fingerprint density at radius 1 is 1.08 bits per heavy atom. The van der Waals surface area contributed by atoms with Crippen molar-refractivity contribution < 1.29 is 0 Å². The zero-order valence-corrected chi connectivity index (χ0v) is 8.94. The van der Waals surface area contributed by atoms with Gasteiger partial charge in [-0.3, -0.25) is 0 Å². The van der Waals surface area contributed by atoms with E-state index in [1.54, 1.807) is 0 Å². The SMILES string of the molecule is CC(C)(C)C(C)(C)C1=CCC=C1. The van der Waals surface area contributed by atoms with Crippen LogP contribution in [0.5, 0.6) is 0 Å². The van der Waals surface area contributed by atoms with Gasteiger partial charge in [-0.25, -0.2) is 0 Å². The predicted molar refractivity (Wildman–Crippen MR) is 55.1 cm³/mol. The average Bonchev–Trinajstić information content (AvgIpc) is 2.34. The normalized spacial score (nSPS) is 18.2. The van der Waals surface area contributed by atoms with Crippen molar-refractivity contribution in [2.75, 3.05) is 0 Å². The number of hydrogen-bond acceptors (Lipinski definition) is 0. The Morgan fingerprint density at radius 3 is 2.00 bits per heavy atom. The minimum atomic E-state index is 0.292. The maximum absolute atomic E-state index is 2.34. The van der Waals surface area contributed by atoms with E-state index in [-0.39, 0.29) is 0 Å². The van der Waals surface area contributed by atoms with Gasteiger partial charge in [-0.1, -0.05) is 52.8 Å². The monoisotopic (exact) mass is 164 g/mol. The molecule has 0 heterocycles. The minimum absolute atomic E-state index is 0.292. The molecule has 0 atom stereocenters. The summed E-state index contributed by atoms with van der Waals surface area (Å²) in [5, 5.41) is 0. The maximum Gasteiger partial charge on any atom is -0.00582 e. The van der Waals surface area contributed by atoms with Gasteiger partial charge in [0.05, 0.1) is 0 Å². The van der Waals surface area contributed by atoms with E-state index in [4.69, 9.17) is 0 Å². The molecule has 1 aliphatic rings. The predicted octanol–water partition coefficient (Wildman–Crippen LogP) is 3.95. The Kier molecular flexibility index (Phi) is 2.20. The topological polar surface area (TPSA) is 0 Å². The third-order valence-corrected chi connectivity index (χ3v) is 3.37. The van der Waals surface area contributed by atoms with Gasteiger partial charge in [-0.15, -0.1) is 0 Å². The van der Waals surface area contributed by atoms with Crippen molar-refractivity contribution in [3.05, 3.63) is 23.8 Å². The Labute approximate surface area is 76.4 Å². The van der Waals surface area contributed by atoms with E-state index in [1.807, 2.05) is 0 Å². The summed E-state index contributed by atoms with van der Waals surface area (Å²) in [4.78, 5) is 0. The Balaban J connectivity index is 2.92. The van der Waals surface area contributed by atoms with Gasteiger partial charge < -0.3 is 0 Å². The van der Waals surface area contributed by atoms with Crippen LogP contribution in [0.15, 0.2) is 23.8 Å². The lowest BCUT2D eigenvalue weighted by Gasteiger charge is -2.39. The molecule has 0 aromatic rings. The van der Waals surface area contributed by atoms with Crippen molar-refractivity contribution >= 4 is 0 Å². The van der Waals surface area contributed by atoms with Gasteiger partial charge in [0.25, 0.3) is 0 Å². The van der Waals surface area contributed by atoms with Gasteiger partial charge in [0, 0.05) is 0 Å². The first-order valence-corrected chi connectivity index (χ1v) is 4.73. The highest BCUT2D eigenvalue weighted by atomic mass is 14.4. The quantitative estimate of drug-likeness (QED) is 0.550. The first kappa shape index (κ1) is 9.57. The highest BCUT2D eigenvalue weighted by molar-refractivity contribution is 5.32. The van der Waals surface area contributed by atoms with E-state index in [2.05, 4.69) is 52.8 Å². The second-order valence-corrected chi connectivity index (χ2v) is 5.17. The van der Waals surface area contributed by atoms with Crippen LogP contribution < -0.4 is 0 Å². The van der Waals surface area contributed by atoms with Crippen molar-refractivity contribution in [3.63, 3.8) is 0 Å². The first-order valence-electron chi connectivity index (χ1n) is 4.73. The van der Waals surface area contributed by atoms with Crippen molar-refractivity contribution in [1.29, 1.82) is 0 Å². The lowest BCUT2D eigenvalue weighted by Crippen LogP contribution is -2.30. The Morgan fingerprint density at radius 2 is 1.67 bits per heavy atom. The molecule has 0 unspecified atom stereocenters. The average molecular weight is 164 g/mol. The van der Waals surface area contributed by atoms with E-state index < -0.39 is 0 Å². The van der Waals surface area contributed by atoms with Crippen LogP contribution in [0.1, 0.15) is 41.0 Å². The third kappa shape index (κ3) is 1.48. The maximum atomic E-state index is 2.34. The van der Waals surface area contributed by atoms with Crippen LogP contribution in [-0.2, 0) is 0 Å². The Bertz CT molecular complexity index is 221. The molecule has 12 heavy (non-hydrogen) atoms. The Hall–Kier alpha value is -0.520. The zero-order valence-electron chi connectivity index (χ0n) is 8.94. The highest BCUT2D eigenvalue weighted by Gasteiger charge is 2.35. The molecule has 0 aromatic carbocycles. The van der Waals surface area contributed by atoms with Crippen LogP contribution in [0.3, 0.4) is 0 Å². The third-order valence-electron chi connectivity index (χ3n) is 3.37. The molecule has 0 heteroatoms. The summed E-state index contributed by atoms with van der Waals surface area (Å²) < 4.78 is 0. The molecule has 0 bridgehead atoms. The molecule has 0 saturated carbocycles. The molecule has 0 N–H and O–H groups in total. The molecule has 0 fully saturated rings. The van der Waals surface area contributed by atoms with Gasteiger partial charge in [-0.2, -0.15) is 0 Å². The van der Waals surface area contributed by atoms with Crippen LogP contribution in [0.2, 0.25) is 0 Å². The lowest BCUT2D eigenvalue weighted by molar-refractivity contribution is 0.182. The minimum Gasteiger partial charge on any atom is -0.0804 e. The van der Waals surface area contributed by atoms with E-state index in [1.165, 1.54) is 5.57 Å². The van der Waals surface area contributed by atoms with Crippen molar-refractivity contribution in [3.8, 4) is 0 Å². The molecule has 0 amide bonds. The van der Waals surface area contributed by atoms with Crippen LogP contribution >= 0.6 is 0 Å². The van der Waals surface area contributed by atoms with Gasteiger partial charge in [0.2, 0.25) is 0 Å². The van der Waals surface area contributed by atoms with Crippen molar-refractivity contribution in [1.82, 2.24) is 0 Å². The van der Waals surface area contributed by atoms with Crippen LogP contribution in [0, 0.1) is 10.8 Å². The molecule has 68 valence electrons. The summed E-state index contributed by atoms with van der Waals surface area (Å²) in [6, 6.07) is 0. The molecular weight excluding hydrogens is 144 g/mol. The molecule has 0 nitrogen and oxygen atoms in total. The van der Waals surface area contributed by atoms with Crippen molar-refractivity contribution in [2.24, 2.45) is 10.8 Å². The number of rotatable bonds is 1. The molecule has 0 aromatic heterocycles. The second kappa shape index (κ2) is 2.76. The lowest BCUT2D eigenvalue weighted by atomic mass is 9.65. The van der Waals surface area contributed by atoms with Crippen LogP contribution in [0.25, 0.3) is 0 Å². The van der Waals surface area contributed by atoms with Crippen LogP contribution in [0.4, 0.5) is 0 Å². The summed E-state index contributed by atoms with van der Waals surface area (Å²) in [5.41, 5.74) is 2.13. The molecule has 0 spiro atoms. The molecule has 0 saturated heterocycles. The zero-order chi connectivity index (χ0) is 9.41. The largest absolute Gasteiger partial charge is 0.0804 e. The smallest absolute Gasteiger partial charge is 0.00582 e. The van der Waals surface area contributed by atoms with Gasteiger partial charge in [0.1, 0.15) is 0 Å². The number of hydrogen-bond donors (Lipinski definition) is 0. The molecular formula is C12H20. The standard InChI is InChI=1S/C12H20/c1-11(2,3)12(4,5)10-8-6-7-9-10/h6,8-9H,7H2,1-5H3. The van der Waals surface area contributed by atoms with Gasteiger partial charge >= 0.3 is 0 Å². The van der Waals surface area contributed by atoms with Crippen molar-refractivity contribution in [2.45, 2.75) is 41.0 Å². The fourth-order valence-corrected chi connectivity index (χ4v) is 1.35. The van der Waals surface area contributed by atoms with E-state index in [0.717, 1.165) is 6.42 Å². The molecule has 0 radical (unpaired) electrons. The molecule has 1 aliphatic carbocycles. The highest BCUT2D eigenvalue weighted by Crippen LogP contribution is 2.45. The second-order valence-electron chi connectivity index (χ2n) is 5.17. The fourth-order valence-electron chi connectivity index (χ4n) is 1.35. The summed E-state index contributed by atoms with van der Waals surface area (Å²) in [7, 11) is 0. The van der Waals surface area contributed by atoms with E-state index >= 15 is 0 Å². The summed E-state index contributed by atoms with van der Waals surface area (Å²) in [6.07, 6.45) is 7.97. The summed E-state index contributed by atoms with van der Waals surface area (Å²) in [5.74, 6) is 0. The fraction of sp³-hybridized carbons (Fsp3) is 0.667. The van der Waals surface area contributed by atoms with Gasteiger partial charge in [-0.05, 0) is 22.8 Å². The molecule has 1 rings (SSSR count). The van der Waals surface area contributed by atoms with E-state index in [9.17, 15) is 0 Å². The van der Waals surface area contributed by atoms with E-state index in [0.29, 0.717) is 10.8 Å². The summed E-state index contributed by atoms with van der Waals surface area (Å²) in [6.45, 7) is 11.6. The first-order chi connectivity index (χ1) is 5.36. The summed E-state index contributed by atoms with van der Waals surface area (Å²) >= 11 is 0. The molecule has 0 aliphatic heterocycles. The van der Waals surface area contributed by atoms with Gasteiger partial charge in [0.15, 0.2) is 0 Å². The van der Waals surface area contributed by atoms with Crippen LogP contribution in [-0.4, -0.2) is 0 Å². The number of allylic oxidation sites excluding steroid dienone is 4.